The topological polar surface area (TPSA) is 50.3 Å². The van der Waals surface area contributed by atoms with Crippen molar-refractivity contribution in [2.75, 3.05) is 11.4 Å². The van der Waals surface area contributed by atoms with Crippen molar-refractivity contribution in [3.63, 3.8) is 0 Å². The first-order valence-corrected chi connectivity index (χ1v) is 8.14. The zero-order chi connectivity index (χ0) is 17.4. The quantitative estimate of drug-likeness (QED) is 0.776. The fraction of sp³-hybridized carbons (Fsp3) is 0.214. The summed E-state index contributed by atoms with van der Waals surface area (Å²) in [6, 6.07) is 7.20. The molecule has 9 heteroatoms. The normalized spacial score (nSPS) is 12.3. The van der Waals surface area contributed by atoms with Crippen LogP contribution in [0, 0.1) is 6.92 Å². The van der Waals surface area contributed by atoms with Gasteiger partial charge in [0.1, 0.15) is 11.0 Å². The number of hydrogen-bond donors (Lipinski definition) is 0. The maximum atomic E-state index is 12.8. The summed E-state index contributed by atoms with van der Waals surface area (Å²) < 4.78 is 64.1. The Balaban J connectivity index is 2.49. The van der Waals surface area contributed by atoms with Gasteiger partial charge >= 0.3 is 6.18 Å². The molecule has 4 nitrogen and oxygen atoms in total. The van der Waals surface area contributed by atoms with Crippen LogP contribution in [-0.4, -0.2) is 20.4 Å². The van der Waals surface area contributed by atoms with Crippen LogP contribution in [0.5, 0.6) is 0 Å². The fourth-order valence-corrected chi connectivity index (χ4v) is 3.14. The summed E-state index contributed by atoms with van der Waals surface area (Å²) in [5.41, 5.74) is -0.217. The third-order valence-corrected chi connectivity index (χ3v) is 5.08. The monoisotopic (exact) mass is 364 g/mol. The van der Waals surface area contributed by atoms with Crippen molar-refractivity contribution < 1.29 is 21.6 Å². The molecule has 0 N–H and O–H groups in total. The van der Waals surface area contributed by atoms with Gasteiger partial charge < -0.3 is 0 Å². The average Bonchev–Trinajstić information content (AvgIpc) is 2.45. The number of nitrogens with zero attached hydrogens (tertiary/aromatic N) is 2. The van der Waals surface area contributed by atoms with E-state index in [4.69, 9.17) is 11.6 Å². The van der Waals surface area contributed by atoms with Crippen molar-refractivity contribution in [1.29, 1.82) is 0 Å². The van der Waals surface area contributed by atoms with Crippen LogP contribution in [0.1, 0.15) is 11.1 Å². The van der Waals surface area contributed by atoms with Gasteiger partial charge in [0.2, 0.25) is 0 Å². The highest BCUT2D eigenvalue weighted by Gasteiger charge is 2.33. The zero-order valence-corrected chi connectivity index (χ0v) is 13.7. The van der Waals surface area contributed by atoms with Gasteiger partial charge in [-0.15, -0.1) is 0 Å². The Kier molecular flexibility index (Phi) is 4.59. The molecule has 0 bridgehead atoms. The number of rotatable bonds is 3. The molecule has 0 aliphatic rings. The molecule has 2 aromatic rings. The molecule has 0 unspecified atom stereocenters. The van der Waals surface area contributed by atoms with Crippen LogP contribution in [0.15, 0.2) is 41.3 Å². The first kappa shape index (κ1) is 17.6. The van der Waals surface area contributed by atoms with E-state index in [1.807, 2.05) is 0 Å². The van der Waals surface area contributed by atoms with E-state index in [1.54, 1.807) is 19.1 Å². The Labute approximate surface area is 136 Å². The SMILES string of the molecule is Cc1ccc(S(=O)(=O)N(C)c2cc(C(F)(F)F)cc(Cl)n2)cc1. The molecular formula is C14H12ClF3N2O2S. The van der Waals surface area contributed by atoms with Gasteiger partial charge in [-0.1, -0.05) is 29.3 Å². The maximum Gasteiger partial charge on any atom is 0.416 e. The van der Waals surface area contributed by atoms with Crippen molar-refractivity contribution in [1.82, 2.24) is 4.98 Å². The van der Waals surface area contributed by atoms with E-state index in [0.29, 0.717) is 16.4 Å². The van der Waals surface area contributed by atoms with Crippen molar-refractivity contribution in [3.8, 4) is 0 Å². The fourth-order valence-electron chi connectivity index (χ4n) is 1.80. The Hall–Kier alpha value is -1.80. The number of pyridine rings is 1. The Bertz CT molecular complexity index is 821. The molecule has 0 radical (unpaired) electrons. The summed E-state index contributed by atoms with van der Waals surface area (Å²) in [6.07, 6.45) is -4.66. The molecule has 0 amide bonds. The van der Waals surface area contributed by atoms with E-state index in [2.05, 4.69) is 4.98 Å². The molecule has 0 spiro atoms. The molecule has 1 aromatic heterocycles. The van der Waals surface area contributed by atoms with Gasteiger partial charge in [0.25, 0.3) is 10.0 Å². The molecular weight excluding hydrogens is 353 g/mol. The van der Waals surface area contributed by atoms with Crippen LogP contribution in [-0.2, 0) is 16.2 Å². The Morgan fingerprint density at radius 1 is 1.13 bits per heavy atom. The second-order valence-electron chi connectivity index (χ2n) is 4.82. The smallest absolute Gasteiger partial charge is 0.253 e. The predicted molar refractivity (Wildman–Crippen MR) is 81.0 cm³/mol. The van der Waals surface area contributed by atoms with Crippen LogP contribution in [0.4, 0.5) is 19.0 Å². The second kappa shape index (κ2) is 6.01. The molecule has 1 heterocycles. The van der Waals surface area contributed by atoms with Crippen molar-refractivity contribution in [2.45, 2.75) is 18.0 Å². The summed E-state index contributed by atoms with van der Waals surface area (Å²) in [4.78, 5) is 3.61. The van der Waals surface area contributed by atoms with Crippen molar-refractivity contribution >= 4 is 27.4 Å². The largest absolute Gasteiger partial charge is 0.416 e. The van der Waals surface area contributed by atoms with E-state index in [-0.39, 0.29) is 4.90 Å². The van der Waals surface area contributed by atoms with E-state index in [9.17, 15) is 21.6 Å². The number of aryl methyl sites for hydroxylation is 1. The third-order valence-electron chi connectivity index (χ3n) is 3.11. The maximum absolute atomic E-state index is 12.8. The third kappa shape index (κ3) is 3.76. The van der Waals surface area contributed by atoms with Gasteiger partial charge in [-0.05, 0) is 31.2 Å². The van der Waals surface area contributed by atoms with Gasteiger partial charge in [-0.3, -0.25) is 4.31 Å². The number of halogens is 4. The van der Waals surface area contributed by atoms with Crippen LogP contribution in [0.2, 0.25) is 5.15 Å². The van der Waals surface area contributed by atoms with Crippen molar-refractivity contribution in [3.05, 3.63) is 52.7 Å². The number of alkyl halides is 3. The molecule has 0 saturated carbocycles. The lowest BCUT2D eigenvalue weighted by atomic mass is 10.2. The molecule has 1 aromatic carbocycles. The first-order valence-electron chi connectivity index (χ1n) is 6.32. The van der Waals surface area contributed by atoms with Crippen LogP contribution in [0.3, 0.4) is 0 Å². The van der Waals surface area contributed by atoms with Gasteiger partial charge in [-0.25, -0.2) is 13.4 Å². The Morgan fingerprint density at radius 2 is 1.70 bits per heavy atom. The number of benzene rings is 1. The van der Waals surface area contributed by atoms with Crippen LogP contribution < -0.4 is 4.31 Å². The molecule has 0 atom stereocenters. The standard InChI is InChI=1S/C14H12ClF3N2O2S/c1-9-3-5-11(6-4-9)23(21,22)20(2)13-8-10(14(16,17)18)7-12(15)19-13/h3-8H,1-2H3. The van der Waals surface area contributed by atoms with E-state index in [0.717, 1.165) is 12.6 Å². The van der Waals surface area contributed by atoms with Gasteiger partial charge in [0.15, 0.2) is 0 Å². The number of hydrogen-bond acceptors (Lipinski definition) is 3. The van der Waals surface area contributed by atoms with E-state index in [1.165, 1.54) is 12.1 Å². The molecule has 0 aliphatic heterocycles. The Morgan fingerprint density at radius 3 is 2.22 bits per heavy atom. The van der Waals surface area contributed by atoms with E-state index < -0.39 is 32.7 Å². The molecule has 23 heavy (non-hydrogen) atoms. The molecule has 0 saturated heterocycles. The zero-order valence-electron chi connectivity index (χ0n) is 12.1. The summed E-state index contributed by atoms with van der Waals surface area (Å²) in [5.74, 6) is -0.412. The lowest BCUT2D eigenvalue weighted by Gasteiger charge is -2.20. The summed E-state index contributed by atoms with van der Waals surface area (Å²) in [7, 11) is -2.92. The minimum absolute atomic E-state index is 0.0547. The first-order chi connectivity index (χ1) is 10.5. The van der Waals surface area contributed by atoms with Crippen LogP contribution >= 0.6 is 11.6 Å². The minimum Gasteiger partial charge on any atom is -0.253 e. The number of sulfonamides is 1. The molecule has 0 fully saturated rings. The summed E-state index contributed by atoms with van der Waals surface area (Å²) >= 11 is 5.58. The van der Waals surface area contributed by atoms with Gasteiger partial charge in [0.05, 0.1) is 10.5 Å². The number of aromatic nitrogens is 1. The predicted octanol–water partition coefficient (Wildman–Crippen LogP) is 3.89. The number of anilines is 1. The molecule has 0 aliphatic carbocycles. The lowest BCUT2D eigenvalue weighted by molar-refractivity contribution is -0.137. The van der Waals surface area contributed by atoms with E-state index >= 15 is 0 Å². The van der Waals surface area contributed by atoms with Crippen LogP contribution in [0.25, 0.3) is 0 Å². The minimum atomic E-state index is -4.66. The highest BCUT2D eigenvalue weighted by molar-refractivity contribution is 7.92. The second-order valence-corrected chi connectivity index (χ2v) is 7.18. The van der Waals surface area contributed by atoms with Crippen molar-refractivity contribution in [2.24, 2.45) is 0 Å². The summed E-state index contributed by atoms with van der Waals surface area (Å²) in [5, 5.41) is -0.444. The lowest BCUT2D eigenvalue weighted by Crippen LogP contribution is -2.27. The highest BCUT2D eigenvalue weighted by atomic mass is 35.5. The van der Waals surface area contributed by atoms with Gasteiger partial charge in [0, 0.05) is 7.05 Å². The average molecular weight is 365 g/mol. The molecule has 2 rings (SSSR count). The summed E-state index contributed by atoms with van der Waals surface area (Å²) in [6.45, 7) is 1.79. The highest BCUT2D eigenvalue weighted by Crippen LogP contribution is 2.33. The molecule has 124 valence electrons. The van der Waals surface area contributed by atoms with Gasteiger partial charge in [-0.2, -0.15) is 13.2 Å².